The second-order valence-electron chi connectivity index (χ2n) is 5.97. The molecule has 2 saturated carbocycles. The number of hydrogen-bond donors (Lipinski definition) is 0. The van der Waals surface area contributed by atoms with Crippen LogP contribution in [-0.4, -0.2) is 21.2 Å². The van der Waals surface area contributed by atoms with E-state index in [1.54, 1.807) is 30.0 Å². The van der Waals surface area contributed by atoms with Crippen molar-refractivity contribution in [3.05, 3.63) is 35.6 Å². The summed E-state index contributed by atoms with van der Waals surface area (Å²) in [6, 6.07) is 6.75. The van der Waals surface area contributed by atoms with Crippen molar-refractivity contribution in [2.24, 2.45) is 5.41 Å². The molecule has 2 nitrogen and oxygen atoms in total. The number of alkyl halides is 2. The quantitative estimate of drug-likeness (QED) is 0.772. The lowest BCUT2D eigenvalue weighted by Gasteiger charge is -2.27. The number of nitrogens with zero attached hydrogens (tertiary/aromatic N) is 1. The first-order valence-electron chi connectivity index (χ1n) is 6.77. The van der Waals surface area contributed by atoms with Crippen LogP contribution in [0.4, 0.5) is 4.39 Å². The van der Waals surface area contributed by atoms with Gasteiger partial charge in [0.05, 0.1) is 5.41 Å². The number of halogens is 3. The summed E-state index contributed by atoms with van der Waals surface area (Å²) in [5.41, 5.74) is -0.198. The van der Waals surface area contributed by atoms with E-state index in [2.05, 4.69) is 0 Å². The molecule has 0 aliphatic heterocycles. The first kappa shape index (κ1) is 14.2. The Labute approximate surface area is 127 Å². The fourth-order valence-electron chi connectivity index (χ4n) is 2.51. The Morgan fingerprint density at radius 3 is 2.50 bits per heavy atom. The van der Waals surface area contributed by atoms with Gasteiger partial charge in [0.25, 0.3) is 0 Å². The Kier molecular flexibility index (Phi) is 3.26. The van der Waals surface area contributed by atoms with Crippen molar-refractivity contribution in [3.8, 4) is 0 Å². The molecule has 0 saturated heterocycles. The lowest BCUT2D eigenvalue weighted by molar-refractivity contribution is -0.137. The molecule has 5 heteroatoms. The minimum Gasteiger partial charge on any atom is -0.335 e. The molecular formula is C15H16Cl2FNO. The van der Waals surface area contributed by atoms with Crippen LogP contribution in [0.15, 0.2) is 24.3 Å². The molecular weight excluding hydrogens is 300 g/mol. The van der Waals surface area contributed by atoms with Crippen LogP contribution in [0.2, 0.25) is 0 Å². The van der Waals surface area contributed by atoms with Crippen molar-refractivity contribution in [2.75, 3.05) is 0 Å². The van der Waals surface area contributed by atoms with Crippen LogP contribution in [0.1, 0.15) is 31.7 Å². The maximum Gasteiger partial charge on any atom is 0.232 e. The summed E-state index contributed by atoms with van der Waals surface area (Å²) in [5, 5.41) is 0. The van der Waals surface area contributed by atoms with Gasteiger partial charge >= 0.3 is 0 Å². The van der Waals surface area contributed by atoms with Gasteiger partial charge in [0.15, 0.2) is 0 Å². The summed E-state index contributed by atoms with van der Waals surface area (Å²) in [6.45, 7) is 2.07. The molecule has 0 heterocycles. The third-order valence-electron chi connectivity index (χ3n) is 4.28. The monoisotopic (exact) mass is 315 g/mol. The standard InChI is InChI=1S/C15H16Cl2FNO/c1-14(9-15(14,16)17)13(20)19(11-6-7-11)8-10-4-2-3-5-12(10)18/h2-5,11H,6-9H2,1H3. The molecule has 1 unspecified atom stereocenters. The maximum atomic E-state index is 13.8. The average Bonchev–Trinajstić information content (AvgIpc) is 3.27. The zero-order valence-electron chi connectivity index (χ0n) is 11.2. The normalized spacial score (nSPS) is 27.2. The van der Waals surface area contributed by atoms with Crippen molar-refractivity contribution < 1.29 is 9.18 Å². The molecule has 1 aromatic carbocycles. The minimum absolute atomic E-state index is 0.0618. The smallest absolute Gasteiger partial charge is 0.232 e. The van der Waals surface area contributed by atoms with E-state index in [9.17, 15) is 9.18 Å². The lowest BCUT2D eigenvalue weighted by atomic mass is 10.1. The van der Waals surface area contributed by atoms with E-state index < -0.39 is 9.75 Å². The molecule has 2 aliphatic rings. The molecule has 1 aromatic rings. The van der Waals surface area contributed by atoms with Gasteiger partial charge in [0.2, 0.25) is 5.91 Å². The highest BCUT2D eigenvalue weighted by molar-refractivity contribution is 6.53. The number of rotatable bonds is 4. The van der Waals surface area contributed by atoms with Gasteiger partial charge in [0.1, 0.15) is 10.2 Å². The highest BCUT2D eigenvalue weighted by Gasteiger charge is 2.69. The predicted molar refractivity (Wildman–Crippen MR) is 77.1 cm³/mol. The zero-order valence-corrected chi connectivity index (χ0v) is 12.7. The maximum absolute atomic E-state index is 13.8. The molecule has 108 valence electrons. The van der Waals surface area contributed by atoms with Crippen molar-refractivity contribution in [1.29, 1.82) is 0 Å². The molecule has 0 N–H and O–H groups in total. The van der Waals surface area contributed by atoms with E-state index in [1.807, 2.05) is 0 Å². The number of carbonyl (C=O) groups is 1. The Bertz CT molecular complexity index is 559. The Hall–Kier alpha value is -0.800. The molecule has 1 amide bonds. The molecule has 0 radical (unpaired) electrons. The molecule has 3 rings (SSSR count). The summed E-state index contributed by atoms with van der Waals surface area (Å²) in [4.78, 5) is 14.4. The lowest BCUT2D eigenvalue weighted by Crippen LogP contribution is -2.39. The molecule has 2 aliphatic carbocycles. The molecule has 0 bridgehead atoms. The van der Waals surface area contributed by atoms with Gasteiger partial charge in [-0.3, -0.25) is 4.79 Å². The second-order valence-corrected chi connectivity index (χ2v) is 7.45. The predicted octanol–water partition coefficient (Wildman–Crippen LogP) is 3.90. The van der Waals surface area contributed by atoms with Crippen molar-refractivity contribution in [1.82, 2.24) is 4.90 Å². The third kappa shape index (κ3) is 2.31. The highest BCUT2D eigenvalue weighted by Crippen LogP contribution is 2.65. The fraction of sp³-hybridized carbons (Fsp3) is 0.533. The topological polar surface area (TPSA) is 20.3 Å². The third-order valence-corrected chi connectivity index (χ3v) is 5.38. The van der Waals surface area contributed by atoms with E-state index in [4.69, 9.17) is 23.2 Å². The molecule has 0 spiro atoms. The van der Waals surface area contributed by atoms with Gasteiger partial charge in [0, 0.05) is 18.2 Å². The number of carbonyl (C=O) groups excluding carboxylic acids is 1. The molecule has 2 fully saturated rings. The van der Waals surface area contributed by atoms with Crippen LogP contribution in [0.25, 0.3) is 0 Å². The van der Waals surface area contributed by atoms with Gasteiger partial charge in [-0.05, 0) is 32.3 Å². The molecule has 0 aromatic heterocycles. The zero-order chi connectivity index (χ0) is 14.5. The van der Waals surface area contributed by atoms with Crippen LogP contribution < -0.4 is 0 Å². The van der Waals surface area contributed by atoms with Gasteiger partial charge < -0.3 is 4.90 Å². The second kappa shape index (κ2) is 4.60. The van der Waals surface area contributed by atoms with Gasteiger partial charge in [-0.2, -0.15) is 0 Å². The number of hydrogen-bond acceptors (Lipinski definition) is 1. The van der Waals surface area contributed by atoms with Crippen molar-refractivity contribution in [2.45, 2.75) is 43.1 Å². The van der Waals surface area contributed by atoms with Crippen molar-refractivity contribution >= 4 is 29.1 Å². The van der Waals surface area contributed by atoms with E-state index in [-0.39, 0.29) is 24.3 Å². The van der Waals surface area contributed by atoms with Gasteiger partial charge in [-0.25, -0.2) is 4.39 Å². The van der Waals surface area contributed by atoms with Crippen LogP contribution >= 0.6 is 23.2 Å². The number of amides is 1. The minimum atomic E-state index is -0.980. The first-order valence-corrected chi connectivity index (χ1v) is 7.53. The van der Waals surface area contributed by atoms with Gasteiger partial charge in [-0.1, -0.05) is 18.2 Å². The van der Waals surface area contributed by atoms with E-state index in [0.29, 0.717) is 12.0 Å². The van der Waals surface area contributed by atoms with E-state index in [1.165, 1.54) is 6.07 Å². The summed E-state index contributed by atoms with van der Waals surface area (Å²) in [7, 11) is 0. The summed E-state index contributed by atoms with van der Waals surface area (Å²) < 4.78 is 12.8. The Morgan fingerprint density at radius 2 is 2.00 bits per heavy atom. The SMILES string of the molecule is CC1(C(=O)N(Cc2ccccc2F)C2CC2)CC1(Cl)Cl. The van der Waals surface area contributed by atoms with Gasteiger partial charge in [-0.15, -0.1) is 23.2 Å². The number of benzene rings is 1. The first-order chi connectivity index (χ1) is 9.35. The van der Waals surface area contributed by atoms with Crippen LogP contribution in [0.5, 0.6) is 0 Å². The Balaban J connectivity index is 1.81. The molecule has 20 heavy (non-hydrogen) atoms. The summed E-state index contributed by atoms with van der Waals surface area (Å²) >= 11 is 12.2. The van der Waals surface area contributed by atoms with Crippen LogP contribution in [-0.2, 0) is 11.3 Å². The Morgan fingerprint density at radius 1 is 1.40 bits per heavy atom. The van der Waals surface area contributed by atoms with Crippen LogP contribution in [0.3, 0.4) is 0 Å². The summed E-state index contributed by atoms with van der Waals surface area (Å²) in [6.07, 6.45) is 2.39. The average molecular weight is 316 g/mol. The molecule has 1 atom stereocenters. The highest BCUT2D eigenvalue weighted by atomic mass is 35.5. The summed E-state index contributed by atoms with van der Waals surface area (Å²) in [5.74, 6) is -0.344. The van der Waals surface area contributed by atoms with Crippen molar-refractivity contribution in [3.63, 3.8) is 0 Å². The van der Waals surface area contributed by atoms with E-state index in [0.717, 1.165) is 12.8 Å². The largest absolute Gasteiger partial charge is 0.335 e. The van der Waals surface area contributed by atoms with Crippen LogP contribution in [0, 0.1) is 11.2 Å². The fourth-order valence-corrected chi connectivity index (χ4v) is 3.21. The van der Waals surface area contributed by atoms with E-state index >= 15 is 0 Å².